The van der Waals surface area contributed by atoms with Crippen LogP contribution in [0.25, 0.3) is 22.2 Å². The smallest absolute Gasteiger partial charge is 0.320 e. The quantitative estimate of drug-likeness (QED) is 0.605. The van der Waals surface area contributed by atoms with Gasteiger partial charge in [0.1, 0.15) is 12.4 Å². The van der Waals surface area contributed by atoms with Crippen LogP contribution in [0.15, 0.2) is 36.4 Å². The van der Waals surface area contributed by atoms with E-state index in [-0.39, 0.29) is 18.6 Å². The zero-order valence-corrected chi connectivity index (χ0v) is 18.9. The fraction of sp³-hybridized carbons (Fsp3) is 0.440. The number of hydrogen-bond acceptors (Lipinski definition) is 4. The average Bonchev–Trinajstić information content (AvgIpc) is 3.12. The number of nitrogens with one attached hydrogen (secondary N) is 2. The lowest BCUT2D eigenvalue weighted by molar-refractivity contribution is 0.122. The standard InChI is InChI=1S/C25H30FN5O2/c1-2-27-24-28-21-5-3-19(14-22(21)29-24)18-4-6-23-20(13-18)16-31(11-12-33-23)25(32)30-9-7-17(15-26)8-10-30/h3-6,13-14,17H,2,7-12,15-16H2,1H3,(H2,27,28,29). The summed E-state index contributed by atoms with van der Waals surface area (Å²) in [5.41, 5.74) is 5.03. The van der Waals surface area contributed by atoms with E-state index in [1.54, 1.807) is 0 Å². The lowest BCUT2D eigenvalue weighted by Crippen LogP contribution is -2.47. The minimum absolute atomic E-state index is 0.0176. The zero-order chi connectivity index (χ0) is 22.8. The van der Waals surface area contributed by atoms with Crippen molar-refractivity contribution in [3.05, 3.63) is 42.0 Å². The van der Waals surface area contributed by atoms with Gasteiger partial charge in [-0.2, -0.15) is 0 Å². The molecule has 3 heterocycles. The lowest BCUT2D eigenvalue weighted by atomic mass is 9.98. The number of piperidine rings is 1. The van der Waals surface area contributed by atoms with Crippen molar-refractivity contribution in [3.63, 3.8) is 0 Å². The molecule has 1 aromatic heterocycles. The molecule has 1 fully saturated rings. The number of amides is 2. The van der Waals surface area contributed by atoms with Crippen LogP contribution in [-0.4, -0.2) is 65.3 Å². The summed E-state index contributed by atoms with van der Waals surface area (Å²) in [6.45, 7) is 5.30. The molecule has 0 radical (unpaired) electrons. The summed E-state index contributed by atoms with van der Waals surface area (Å²) in [5.74, 6) is 1.68. The van der Waals surface area contributed by atoms with Crippen LogP contribution in [0, 0.1) is 5.92 Å². The Morgan fingerprint density at radius 3 is 2.73 bits per heavy atom. The van der Waals surface area contributed by atoms with Gasteiger partial charge >= 0.3 is 6.03 Å². The predicted octanol–water partition coefficient (Wildman–Crippen LogP) is 4.66. The van der Waals surface area contributed by atoms with Gasteiger partial charge in [0, 0.05) is 25.2 Å². The number of fused-ring (bicyclic) bond motifs is 2. The number of likely N-dealkylation sites (tertiary alicyclic amines) is 1. The van der Waals surface area contributed by atoms with Crippen LogP contribution in [-0.2, 0) is 6.54 Å². The largest absolute Gasteiger partial charge is 0.491 e. The van der Waals surface area contributed by atoms with Crippen molar-refractivity contribution < 1.29 is 13.9 Å². The van der Waals surface area contributed by atoms with Crippen LogP contribution in [0.2, 0.25) is 0 Å². The third-order valence-electron chi connectivity index (χ3n) is 6.57. The third-order valence-corrected chi connectivity index (χ3v) is 6.57. The summed E-state index contributed by atoms with van der Waals surface area (Å²) in [6, 6.07) is 12.4. The van der Waals surface area contributed by atoms with Crippen molar-refractivity contribution in [2.75, 3.05) is 44.8 Å². The lowest BCUT2D eigenvalue weighted by Gasteiger charge is -2.34. The third kappa shape index (κ3) is 4.47. The number of aromatic amines is 1. The second-order valence-corrected chi connectivity index (χ2v) is 8.81. The Hall–Kier alpha value is -3.29. The fourth-order valence-corrected chi connectivity index (χ4v) is 4.66. The number of hydrogen-bond donors (Lipinski definition) is 2. The highest BCUT2D eigenvalue weighted by atomic mass is 19.1. The Labute approximate surface area is 192 Å². The number of halogens is 1. The van der Waals surface area contributed by atoms with Gasteiger partial charge in [0.05, 0.1) is 30.8 Å². The van der Waals surface area contributed by atoms with Crippen molar-refractivity contribution in [1.29, 1.82) is 0 Å². The first-order chi connectivity index (χ1) is 16.1. The van der Waals surface area contributed by atoms with Gasteiger partial charge in [0.2, 0.25) is 5.95 Å². The normalized spacial score (nSPS) is 16.9. The van der Waals surface area contributed by atoms with Gasteiger partial charge in [-0.15, -0.1) is 0 Å². The predicted molar refractivity (Wildman–Crippen MR) is 127 cm³/mol. The van der Waals surface area contributed by atoms with E-state index < -0.39 is 0 Å². The molecule has 0 bridgehead atoms. The second kappa shape index (κ2) is 9.29. The van der Waals surface area contributed by atoms with E-state index >= 15 is 0 Å². The molecule has 7 nitrogen and oxygen atoms in total. The Bertz CT molecular complexity index is 1140. The van der Waals surface area contributed by atoms with Crippen LogP contribution in [0.3, 0.4) is 0 Å². The van der Waals surface area contributed by atoms with Crippen molar-refractivity contribution in [3.8, 4) is 16.9 Å². The SMILES string of the molecule is CCNc1nc2ccc(-c3ccc4c(c3)CN(C(=O)N3CCC(CF)CC3)CCO4)cc2[nH]1. The highest BCUT2D eigenvalue weighted by Crippen LogP contribution is 2.31. The van der Waals surface area contributed by atoms with E-state index in [9.17, 15) is 9.18 Å². The zero-order valence-electron chi connectivity index (χ0n) is 18.9. The number of benzene rings is 2. The molecule has 1 saturated heterocycles. The molecule has 0 saturated carbocycles. The van der Waals surface area contributed by atoms with Crippen molar-refractivity contribution in [2.45, 2.75) is 26.3 Å². The van der Waals surface area contributed by atoms with Crippen LogP contribution in [0.4, 0.5) is 15.1 Å². The number of imidazole rings is 1. The van der Waals surface area contributed by atoms with Crippen molar-refractivity contribution in [2.24, 2.45) is 5.92 Å². The first-order valence-corrected chi connectivity index (χ1v) is 11.7. The minimum atomic E-state index is -0.295. The van der Waals surface area contributed by atoms with Crippen molar-refractivity contribution >= 4 is 23.0 Å². The maximum Gasteiger partial charge on any atom is 0.320 e. The van der Waals surface area contributed by atoms with Gasteiger partial charge in [0.25, 0.3) is 0 Å². The number of H-pyrrole nitrogens is 1. The molecule has 0 aliphatic carbocycles. The molecule has 2 amide bonds. The molecule has 8 heteroatoms. The summed E-state index contributed by atoms with van der Waals surface area (Å²) in [5, 5.41) is 3.21. The molecule has 2 aliphatic heterocycles. The second-order valence-electron chi connectivity index (χ2n) is 8.81. The molecule has 5 rings (SSSR count). The Morgan fingerprint density at radius 2 is 1.94 bits per heavy atom. The molecule has 0 spiro atoms. The Balaban J connectivity index is 1.36. The summed E-state index contributed by atoms with van der Waals surface area (Å²) >= 11 is 0. The molecule has 0 atom stereocenters. The molecule has 3 aromatic rings. The van der Waals surface area contributed by atoms with Gasteiger partial charge in [0.15, 0.2) is 0 Å². The highest BCUT2D eigenvalue weighted by molar-refractivity contribution is 5.84. The first kappa shape index (κ1) is 21.6. The summed E-state index contributed by atoms with van der Waals surface area (Å²) < 4.78 is 18.9. The van der Waals surface area contributed by atoms with Gasteiger partial charge in [-0.3, -0.25) is 4.39 Å². The van der Waals surface area contributed by atoms with Crippen LogP contribution < -0.4 is 10.1 Å². The number of ether oxygens (including phenoxy) is 1. The van der Waals surface area contributed by atoms with Gasteiger partial charge in [-0.25, -0.2) is 9.78 Å². The number of urea groups is 1. The van der Waals surface area contributed by atoms with Gasteiger partial charge in [-0.1, -0.05) is 12.1 Å². The topological polar surface area (TPSA) is 73.5 Å². The fourth-order valence-electron chi connectivity index (χ4n) is 4.66. The molecule has 33 heavy (non-hydrogen) atoms. The van der Waals surface area contributed by atoms with Crippen LogP contribution in [0.1, 0.15) is 25.3 Å². The number of rotatable bonds is 4. The van der Waals surface area contributed by atoms with E-state index in [0.717, 1.165) is 58.8 Å². The van der Waals surface area contributed by atoms with E-state index in [2.05, 4.69) is 39.6 Å². The number of nitrogens with zero attached hydrogens (tertiary/aromatic N) is 3. The molecular weight excluding hydrogens is 421 g/mol. The number of aromatic nitrogens is 2. The van der Waals surface area contributed by atoms with Crippen molar-refractivity contribution in [1.82, 2.24) is 19.8 Å². The molecule has 174 valence electrons. The van der Waals surface area contributed by atoms with E-state index in [0.29, 0.717) is 32.8 Å². The molecule has 2 N–H and O–H groups in total. The molecular formula is C25H30FN5O2. The number of alkyl halides is 1. The Morgan fingerprint density at radius 1 is 1.15 bits per heavy atom. The maximum absolute atomic E-state index is 13.2. The average molecular weight is 452 g/mol. The van der Waals surface area contributed by atoms with E-state index in [1.807, 2.05) is 28.9 Å². The number of anilines is 1. The van der Waals surface area contributed by atoms with Gasteiger partial charge < -0.3 is 24.8 Å². The molecule has 2 aliphatic rings. The first-order valence-electron chi connectivity index (χ1n) is 11.7. The summed E-state index contributed by atoms with van der Waals surface area (Å²) in [6.07, 6.45) is 1.47. The highest BCUT2D eigenvalue weighted by Gasteiger charge is 2.28. The molecule has 2 aromatic carbocycles. The monoisotopic (exact) mass is 451 g/mol. The van der Waals surface area contributed by atoms with E-state index in [4.69, 9.17) is 4.74 Å². The minimum Gasteiger partial charge on any atom is -0.491 e. The summed E-state index contributed by atoms with van der Waals surface area (Å²) in [7, 11) is 0. The van der Waals surface area contributed by atoms with E-state index in [1.165, 1.54) is 0 Å². The van der Waals surface area contributed by atoms with Gasteiger partial charge in [-0.05, 0) is 61.1 Å². The molecule has 0 unspecified atom stereocenters. The Kier molecular flexibility index (Phi) is 6.07. The number of carbonyl (C=O) groups excluding carboxylic acids is 1. The maximum atomic E-state index is 13.2. The van der Waals surface area contributed by atoms with Crippen LogP contribution in [0.5, 0.6) is 5.75 Å². The van der Waals surface area contributed by atoms with Crippen LogP contribution >= 0.6 is 0 Å². The number of carbonyl (C=O) groups is 1. The summed E-state index contributed by atoms with van der Waals surface area (Å²) in [4.78, 5) is 24.7.